The lowest BCUT2D eigenvalue weighted by Crippen LogP contribution is -2.30. The second-order valence-electron chi connectivity index (χ2n) is 13.9. The molecule has 5 nitrogen and oxygen atoms in total. The van der Waals surface area contributed by atoms with Gasteiger partial charge in [0.15, 0.2) is 17.5 Å². The smallest absolute Gasteiger partial charge is 0.164 e. The van der Waals surface area contributed by atoms with Crippen molar-refractivity contribution in [3.63, 3.8) is 0 Å². The van der Waals surface area contributed by atoms with Crippen LogP contribution in [-0.2, 0) is 5.41 Å². The summed E-state index contributed by atoms with van der Waals surface area (Å²) in [7, 11) is 0. The zero-order chi connectivity index (χ0) is 33.4. The monoisotopic (exact) mass is 633 g/mol. The first-order valence-electron chi connectivity index (χ1n) is 17.1. The van der Waals surface area contributed by atoms with Crippen molar-refractivity contribution in [2.75, 3.05) is 0 Å². The van der Waals surface area contributed by atoms with Crippen molar-refractivity contribution >= 4 is 0 Å². The van der Waals surface area contributed by atoms with Crippen molar-refractivity contribution in [1.82, 2.24) is 15.0 Å². The van der Waals surface area contributed by atoms with E-state index < -0.39 is 0 Å². The molecule has 0 amide bonds. The molecule has 49 heavy (non-hydrogen) atoms. The summed E-state index contributed by atoms with van der Waals surface area (Å²) in [6.45, 7) is 2.45. The summed E-state index contributed by atoms with van der Waals surface area (Å²) in [5, 5.41) is 18.5. The van der Waals surface area contributed by atoms with Crippen LogP contribution in [0.4, 0.5) is 0 Å². The van der Waals surface area contributed by atoms with E-state index in [1.165, 1.54) is 37.7 Å². The summed E-state index contributed by atoms with van der Waals surface area (Å²) in [5.74, 6) is 3.54. The third kappa shape index (κ3) is 6.13. The predicted molar refractivity (Wildman–Crippen MR) is 194 cm³/mol. The minimum atomic E-state index is 0.218. The van der Waals surface area contributed by atoms with Crippen molar-refractivity contribution < 1.29 is 0 Å². The molecule has 8 rings (SSSR count). The summed E-state index contributed by atoms with van der Waals surface area (Å²) >= 11 is 0. The molecule has 2 aliphatic rings. The molecule has 2 bridgehead atoms. The Morgan fingerprint density at radius 3 is 1.37 bits per heavy atom. The van der Waals surface area contributed by atoms with Crippen LogP contribution in [0.5, 0.6) is 0 Å². The number of hydrogen-bond acceptors (Lipinski definition) is 5. The number of rotatable bonds is 6. The van der Waals surface area contributed by atoms with Gasteiger partial charge in [-0.15, -0.1) is 0 Å². The minimum Gasteiger partial charge on any atom is -0.208 e. The molecule has 1 aromatic heterocycles. The molecule has 5 heteroatoms. The van der Waals surface area contributed by atoms with Gasteiger partial charge in [0.1, 0.15) is 0 Å². The maximum absolute atomic E-state index is 9.27. The van der Waals surface area contributed by atoms with Crippen molar-refractivity contribution in [3.05, 3.63) is 138 Å². The van der Waals surface area contributed by atoms with Gasteiger partial charge in [-0.3, -0.25) is 0 Å². The molecular formula is C44H35N5. The number of benzene rings is 5. The van der Waals surface area contributed by atoms with Crippen LogP contribution in [0.25, 0.3) is 56.4 Å². The third-order valence-corrected chi connectivity index (χ3v) is 10.5. The molecule has 0 radical (unpaired) electrons. The number of nitrogens with zero attached hydrogens (tertiary/aromatic N) is 5. The number of fused-ring (bicyclic) bond motifs is 2. The minimum absolute atomic E-state index is 0.218. The maximum atomic E-state index is 9.27. The highest BCUT2D eigenvalue weighted by atomic mass is 15.0. The summed E-state index contributed by atoms with van der Waals surface area (Å²) in [4.78, 5) is 15.2. The Bertz CT molecular complexity index is 2110. The van der Waals surface area contributed by atoms with E-state index in [1.54, 1.807) is 0 Å². The second-order valence-corrected chi connectivity index (χ2v) is 13.9. The van der Waals surface area contributed by atoms with Crippen LogP contribution in [0, 0.1) is 34.5 Å². The number of aromatic nitrogens is 3. The normalized spacial score (nSPS) is 19.6. The van der Waals surface area contributed by atoms with Gasteiger partial charge in [0.25, 0.3) is 0 Å². The van der Waals surface area contributed by atoms with Gasteiger partial charge in [0.2, 0.25) is 0 Å². The van der Waals surface area contributed by atoms with Crippen molar-refractivity contribution in [3.8, 4) is 68.6 Å². The topological polar surface area (TPSA) is 86.2 Å². The van der Waals surface area contributed by atoms with Crippen LogP contribution < -0.4 is 0 Å². The fraction of sp³-hybridized carbons (Fsp3) is 0.205. The summed E-state index contributed by atoms with van der Waals surface area (Å²) in [5.41, 5.74) is 9.70. The molecule has 2 fully saturated rings. The Balaban J connectivity index is 1.20. The lowest BCUT2D eigenvalue weighted by molar-refractivity contribution is 0.232. The van der Waals surface area contributed by atoms with Gasteiger partial charge >= 0.3 is 0 Å². The summed E-state index contributed by atoms with van der Waals surface area (Å²) < 4.78 is 0. The molecule has 0 aliphatic heterocycles. The standard InChI is InChI=1S/C44H35N5/c1-44(25-31-8-9-32(22-31)26-44)40-20-18-35(19-21-40)41-47-42(38-6-2-4-36(23-38)33-14-10-29(27-45)11-15-33)49-43(48-41)39-7-3-5-37(24-39)34-16-12-30(28-46)13-17-34/h2-7,10-21,23-24,31-32H,8-9,22,25-26H2,1H3/t31-,32+,44?. The van der Waals surface area contributed by atoms with Crippen LogP contribution in [-0.4, -0.2) is 15.0 Å². The molecule has 0 N–H and O–H groups in total. The zero-order valence-corrected chi connectivity index (χ0v) is 27.5. The Hall–Kier alpha value is -5.91. The van der Waals surface area contributed by atoms with Crippen LogP contribution in [0.1, 0.15) is 55.7 Å². The van der Waals surface area contributed by atoms with E-state index in [2.05, 4.69) is 67.6 Å². The van der Waals surface area contributed by atoms with Crippen LogP contribution in [0.3, 0.4) is 0 Å². The molecule has 236 valence electrons. The highest BCUT2D eigenvalue weighted by Crippen LogP contribution is 2.51. The van der Waals surface area contributed by atoms with Gasteiger partial charge < -0.3 is 0 Å². The molecule has 3 atom stereocenters. The van der Waals surface area contributed by atoms with Crippen molar-refractivity contribution in [2.24, 2.45) is 11.8 Å². The lowest BCUT2D eigenvalue weighted by atomic mass is 9.66. The third-order valence-electron chi connectivity index (χ3n) is 10.5. The maximum Gasteiger partial charge on any atom is 0.164 e. The molecule has 0 saturated heterocycles. The first-order valence-corrected chi connectivity index (χ1v) is 17.1. The van der Waals surface area contributed by atoms with Crippen molar-refractivity contribution in [1.29, 1.82) is 10.5 Å². The van der Waals surface area contributed by atoms with Gasteiger partial charge in [0, 0.05) is 16.7 Å². The Kier molecular flexibility index (Phi) is 7.83. The summed E-state index contributed by atoms with van der Waals surface area (Å²) in [6.07, 6.45) is 6.71. The van der Waals surface area contributed by atoms with Gasteiger partial charge in [-0.25, -0.2) is 15.0 Å². The van der Waals surface area contributed by atoms with E-state index in [-0.39, 0.29) is 5.41 Å². The van der Waals surface area contributed by atoms with E-state index in [4.69, 9.17) is 15.0 Å². The zero-order valence-electron chi connectivity index (χ0n) is 27.5. The van der Waals surface area contributed by atoms with Crippen LogP contribution in [0.2, 0.25) is 0 Å². The van der Waals surface area contributed by atoms with E-state index in [9.17, 15) is 10.5 Å². The summed E-state index contributed by atoms with van der Waals surface area (Å²) in [6, 6.07) is 45.0. The first kappa shape index (κ1) is 30.4. The molecule has 2 aliphatic carbocycles. The fourth-order valence-corrected chi connectivity index (χ4v) is 8.08. The number of hydrogen-bond donors (Lipinski definition) is 0. The van der Waals surface area contributed by atoms with Crippen LogP contribution >= 0.6 is 0 Å². The first-order chi connectivity index (χ1) is 24.0. The Labute approximate surface area is 287 Å². The molecule has 2 saturated carbocycles. The van der Waals surface area contributed by atoms with E-state index in [0.29, 0.717) is 28.6 Å². The quantitative estimate of drug-likeness (QED) is 0.182. The lowest BCUT2D eigenvalue weighted by Gasteiger charge is -2.38. The van der Waals surface area contributed by atoms with E-state index in [1.807, 2.05) is 72.8 Å². The largest absolute Gasteiger partial charge is 0.208 e. The van der Waals surface area contributed by atoms with Crippen LogP contribution in [0.15, 0.2) is 121 Å². The fourth-order valence-electron chi connectivity index (χ4n) is 8.08. The van der Waals surface area contributed by atoms with Gasteiger partial charge in [-0.05, 0) is 101 Å². The molecule has 0 spiro atoms. The van der Waals surface area contributed by atoms with E-state index in [0.717, 1.165) is 50.8 Å². The van der Waals surface area contributed by atoms with E-state index >= 15 is 0 Å². The molecular weight excluding hydrogens is 599 g/mol. The second kappa shape index (κ2) is 12.6. The average molecular weight is 634 g/mol. The Morgan fingerprint density at radius 1 is 0.510 bits per heavy atom. The Morgan fingerprint density at radius 2 is 0.918 bits per heavy atom. The molecule has 6 aromatic rings. The predicted octanol–water partition coefficient (Wildman–Crippen LogP) is 10.4. The SMILES string of the molecule is CC1(c2ccc(-c3nc(-c4cccc(-c5ccc(C#N)cc5)c4)nc(-c4cccc(-c5ccc(C#N)cc5)c4)n3)cc2)C[C@@H]2CC[C@@H](C2)C1. The van der Waals surface area contributed by atoms with Gasteiger partial charge in [-0.1, -0.05) is 105 Å². The average Bonchev–Trinajstić information content (AvgIpc) is 3.52. The number of nitriles is 2. The van der Waals surface area contributed by atoms with Gasteiger partial charge in [0.05, 0.1) is 23.3 Å². The highest BCUT2D eigenvalue weighted by molar-refractivity contribution is 5.75. The van der Waals surface area contributed by atoms with Gasteiger partial charge in [-0.2, -0.15) is 10.5 Å². The molecule has 1 unspecified atom stereocenters. The van der Waals surface area contributed by atoms with Crippen molar-refractivity contribution in [2.45, 2.75) is 44.4 Å². The molecule has 1 heterocycles. The molecule has 5 aromatic carbocycles. The highest BCUT2D eigenvalue weighted by Gasteiger charge is 2.41.